The van der Waals surface area contributed by atoms with Crippen molar-refractivity contribution in [2.24, 2.45) is 0 Å². The van der Waals surface area contributed by atoms with Gasteiger partial charge >= 0.3 is 0 Å². The number of nitrogens with zero attached hydrogens (tertiary/aromatic N) is 5. The van der Waals surface area contributed by atoms with Crippen molar-refractivity contribution >= 4 is 28.8 Å². The van der Waals surface area contributed by atoms with Gasteiger partial charge in [-0.05, 0) is 59.0 Å². The van der Waals surface area contributed by atoms with Crippen LogP contribution >= 0.6 is 0 Å². The molecule has 244 valence electrons. The van der Waals surface area contributed by atoms with E-state index >= 15 is 0 Å². The molecule has 2 aromatic carbocycles. The minimum atomic E-state index is -0.872. The lowest BCUT2D eigenvalue weighted by Crippen LogP contribution is -2.42. The Labute approximate surface area is 269 Å². The fraction of sp³-hybridized carbons (Fsp3) is 0.471. The van der Waals surface area contributed by atoms with Gasteiger partial charge in [0.15, 0.2) is 35.1 Å². The molecule has 2 aliphatic rings. The van der Waals surface area contributed by atoms with Crippen LogP contribution < -0.4 is 16.0 Å². The second-order valence-electron chi connectivity index (χ2n) is 12.5. The molecule has 12 heteroatoms. The summed E-state index contributed by atoms with van der Waals surface area (Å²) < 4.78 is 20.7. The number of aromatic nitrogens is 4. The van der Waals surface area contributed by atoms with Crippen LogP contribution in [0.4, 0.5) is 11.8 Å². The van der Waals surface area contributed by atoms with Gasteiger partial charge in [-0.1, -0.05) is 60.7 Å². The number of fused-ring (bicyclic) bond motifs is 2. The summed E-state index contributed by atoms with van der Waals surface area (Å²) in [6.07, 6.45) is -0.0365. The Bertz CT molecular complexity index is 1570. The lowest BCUT2D eigenvalue weighted by molar-refractivity contribution is -0.197. The molecule has 3 N–H and O–H groups in total. The highest BCUT2D eigenvalue weighted by atomic mass is 16.8. The second kappa shape index (κ2) is 13.7. The van der Waals surface area contributed by atoms with E-state index in [-0.39, 0.29) is 11.8 Å². The van der Waals surface area contributed by atoms with Crippen LogP contribution in [0.5, 0.6) is 0 Å². The maximum atomic E-state index is 13.0. The van der Waals surface area contributed by atoms with Crippen LogP contribution in [-0.2, 0) is 19.0 Å². The van der Waals surface area contributed by atoms with E-state index in [1.807, 2.05) is 37.5 Å². The van der Waals surface area contributed by atoms with E-state index in [1.54, 1.807) is 6.33 Å². The number of amides is 1. The minimum Gasteiger partial charge on any atom is -0.367 e. The van der Waals surface area contributed by atoms with E-state index in [0.29, 0.717) is 42.6 Å². The summed E-state index contributed by atoms with van der Waals surface area (Å²) in [6.45, 7) is 8.27. The Balaban J connectivity index is 1.35. The number of likely N-dealkylation sites (N-methyl/N-ethyl adjacent to an activating group) is 1. The zero-order valence-electron chi connectivity index (χ0n) is 27.1. The molecule has 1 amide bonds. The summed E-state index contributed by atoms with van der Waals surface area (Å²) in [5.41, 5.74) is 3.55. The Morgan fingerprint density at radius 2 is 1.65 bits per heavy atom. The van der Waals surface area contributed by atoms with E-state index < -0.39 is 30.3 Å². The van der Waals surface area contributed by atoms with Crippen LogP contribution in [0.2, 0.25) is 0 Å². The SMILES string of the molecule is CCNC(=O)[C@H]1O[C@@H](n2cnc3c(NCC(c4ccccc4)c4ccccc4)nc(NCCCN(C)C)nc32)[C@@H]2OC(C)(C)O[C@@H]21. The first-order valence-electron chi connectivity index (χ1n) is 16.0. The standard InChI is InChI=1S/C34H44N8O4/c1-6-35-31(43)27-26-28(46-34(2,3)45-26)32(44-27)42-21-38-25-29(39-33(40-30(25)42)36-18-13-19-41(4)5)37-20-24(22-14-9-7-10-15-22)23-16-11-8-12-17-23/h7-12,14-17,21,24,26-28,32H,6,13,18-20H2,1-5H3,(H,35,43)(H2,36,37,39,40)/t26-,27+,28-,32-/m1/s1. The van der Waals surface area contributed by atoms with E-state index in [4.69, 9.17) is 29.2 Å². The smallest absolute Gasteiger partial charge is 0.252 e. The molecule has 2 saturated heterocycles. The van der Waals surface area contributed by atoms with Crippen molar-refractivity contribution in [2.45, 2.75) is 63.4 Å². The quantitative estimate of drug-likeness (QED) is 0.187. The molecule has 2 fully saturated rings. The van der Waals surface area contributed by atoms with Crippen LogP contribution in [0, 0.1) is 0 Å². The number of carbonyl (C=O) groups excluding carboxylic acids is 1. The molecule has 2 aliphatic heterocycles. The molecular weight excluding hydrogens is 584 g/mol. The van der Waals surface area contributed by atoms with E-state index in [1.165, 1.54) is 11.1 Å². The van der Waals surface area contributed by atoms with Gasteiger partial charge in [-0.25, -0.2) is 4.98 Å². The molecule has 2 aromatic heterocycles. The van der Waals surface area contributed by atoms with Crippen LogP contribution in [0.3, 0.4) is 0 Å². The number of nitrogens with one attached hydrogen (secondary N) is 3. The number of rotatable bonds is 13. The van der Waals surface area contributed by atoms with Crippen molar-refractivity contribution in [3.63, 3.8) is 0 Å². The van der Waals surface area contributed by atoms with Gasteiger partial charge in [0.2, 0.25) is 5.95 Å². The zero-order chi connectivity index (χ0) is 32.3. The first-order chi connectivity index (χ1) is 22.2. The summed E-state index contributed by atoms with van der Waals surface area (Å²) in [6, 6.07) is 20.9. The summed E-state index contributed by atoms with van der Waals surface area (Å²) in [5, 5.41) is 9.87. The number of imidazole rings is 1. The Kier molecular flexibility index (Phi) is 9.50. The third-order valence-electron chi connectivity index (χ3n) is 8.28. The van der Waals surface area contributed by atoms with Gasteiger partial charge < -0.3 is 35.1 Å². The van der Waals surface area contributed by atoms with Crippen molar-refractivity contribution in [3.8, 4) is 0 Å². The Morgan fingerprint density at radius 3 is 2.30 bits per heavy atom. The van der Waals surface area contributed by atoms with Crippen molar-refractivity contribution in [3.05, 3.63) is 78.1 Å². The summed E-state index contributed by atoms with van der Waals surface area (Å²) in [7, 11) is 4.11. The normalized spacial score (nSPS) is 22.0. The fourth-order valence-electron chi connectivity index (χ4n) is 6.18. The van der Waals surface area contributed by atoms with Gasteiger partial charge in [0.1, 0.15) is 12.2 Å². The lowest BCUT2D eigenvalue weighted by Gasteiger charge is -2.24. The molecule has 0 aliphatic carbocycles. The zero-order valence-corrected chi connectivity index (χ0v) is 27.1. The van der Waals surface area contributed by atoms with Gasteiger partial charge in [0.05, 0.1) is 6.33 Å². The monoisotopic (exact) mass is 628 g/mol. The molecule has 0 spiro atoms. The summed E-state index contributed by atoms with van der Waals surface area (Å²) >= 11 is 0. The van der Waals surface area contributed by atoms with Gasteiger partial charge in [-0.15, -0.1) is 0 Å². The molecule has 0 radical (unpaired) electrons. The van der Waals surface area contributed by atoms with Gasteiger partial charge in [-0.2, -0.15) is 9.97 Å². The molecular formula is C34H44N8O4. The topological polar surface area (TPSA) is 128 Å². The second-order valence-corrected chi connectivity index (χ2v) is 12.5. The number of hydrogen-bond donors (Lipinski definition) is 3. The summed E-state index contributed by atoms with van der Waals surface area (Å²) in [5.74, 6) is 0.0519. The van der Waals surface area contributed by atoms with Crippen molar-refractivity contribution in [2.75, 3.05) is 50.9 Å². The molecule has 6 rings (SSSR count). The average Bonchev–Trinajstić information content (AvgIpc) is 3.71. The van der Waals surface area contributed by atoms with Crippen molar-refractivity contribution < 1.29 is 19.0 Å². The highest BCUT2D eigenvalue weighted by Gasteiger charge is 2.58. The first-order valence-corrected chi connectivity index (χ1v) is 16.0. The lowest BCUT2D eigenvalue weighted by atomic mass is 9.91. The number of benzene rings is 2. The average molecular weight is 629 g/mol. The fourth-order valence-corrected chi connectivity index (χ4v) is 6.18. The Hall–Kier alpha value is -4.10. The largest absolute Gasteiger partial charge is 0.367 e. The Morgan fingerprint density at radius 1 is 0.978 bits per heavy atom. The molecule has 12 nitrogen and oxygen atoms in total. The van der Waals surface area contributed by atoms with E-state index in [2.05, 4.69) is 83.5 Å². The van der Waals surface area contributed by atoms with Crippen LogP contribution in [0.25, 0.3) is 11.2 Å². The molecule has 4 aromatic rings. The molecule has 0 bridgehead atoms. The van der Waals surface area contributed by atoms with E-state index in [0.717, 1.165) is 13.0 Å². The maximum absolute atomic E-state index is 13.0. The van der Waals surface area contributed by atoms with Gasteiger partial charge in [-0.3, -0.25) is 9.36 Å². The van der Waals surface area contributed by atoms with Crippen LogP contribution in [-0.4, -0.2) is 94.7 Å². The predicted molar refractivity (Wildman–Crippen MR) is 177 cm³/mol. The summed E-state index contributed by atoms with van der Waals surface area (Å²) in [4.78, 5) is 29.7. The third-order valence-corrected chi connectivity index (χ3v) is 8.28. The number of hydrogen-bond acceptors (Lipinski definition) is 10. The molecule has 4 atom stereocenters. The van der Waals surface area contributed by atoms with Crippen molar-refractivity contribution in [1.82, 2.24) is 29.7 Å². The number of anilines is 2. The molecule has 0 unspecified atom stereocenters. The van der Waals surface area contributed by atoms with Gasteiger partial charge in [0, 0.05) is 25.6 Å². The highest BCUT2D eigenvalue weighted by Crippen LogP contribution is 2.44. The van der Waals surface area contributed by atoms with Crippen molar-refractivity contribution in [1.29, 1.82) is 0 Å². The van der Waals surface area contributed by atoms with E-state index in [9.17, 15) is 4.79 Å². The molecule has 4 heterocycles. The molecule has 46 heavy (non-hydrogen) atoms. The first kappa shape index (κ1) is 31.9. The molecule has 0 saturated carbocycles. The predicted octanol–water partition coefficient (Wildman–Crippen LogP) is 3.99. The van der Waals surface area contributed by atoms with Crippen LogP contribution in [0.1, 0.15) is 50.5 Å². The minimum absolute atomic E-state index is 0.0778. The van der Waals surface area contributed by atoms with Crippen LogP contribution in [0.15, 0.2) is 67.0 Å². The maximum Gasteiger partial charge on any atom is 0.252 e. The number of carbonyl (C=O) groups is 1. The van der Waals surface area contributed by atoms with Gasteiger partial charge in [0.25, 0.3) is 5.91 Å². The highest BCUT2D eigenvalue weighted by molar-refractivity contribution is 5.85. The third kappa shape index (κ3) is 6.85. The number of ether oxygens (including phenoxy) is 3.